The molecule has 0 aromatic rings. The molecule has 0 aromatic carbocycles. The Kier molecular flexibility index (Phi) is 7.98. The monoisotopic (exact) mass is 259 g/mol. The maximum Gasteiger partial charge on any atom is 0.331 e. The SMILES string of the molecule is CCOC(CNC(=O)C(C)=C(C)C(=O)O)OCC. The normalized spacial score (nSPS) is 12.3. The lowest BCUT2D eigenvalue weighted by atomic mass is 10.1. The lowest BCUT2D eigenvalue weighted by Crippen LogP contribution is -2.36. The van der Waals surface area contributed by atoms with E-state index >= 15 is 0 Å². The zero-order chi connectivity index (χ0) is 14.1. The maximum atomic E-state index is 11.7. The van der Waals surface area contributed by atoms with Gasteiger partial charge in [-0.2, -0.15) is 0 Å². The van der Waals surface area contributed by atoms with Crippen LogP contribution in [0.2, 0.25) is 0 Å². The molecule has 18 heavy (non-hydrogen) atoms. The van der Waals surface area contributed by atoms with Crippen LogP contribution < -0.4 is 5.32 Å². The number of carbonyl (C=O) groups excluding carboxylic acids is 1. The number of nitrogens with one attached hydrogen (secondary N) is 1. The summed E-state index contributed by atoms with van der Waals surface area (Å²) in [7, 11) is 0. The molecular formula is C12H21NO5. The summed E-state index contributed by atoms with van der Waals surface area (Å²) >= 11 is 0. The van der Waals surface area contributed by atoms with Crippen molar-refractivity contribution in [2.24, 2.45) is 0 Å². The molecule has 0 heterocycles. The summed E-state index contributed by atoms with van der Waals surface area (Å²) in [6.07, 6.45) is -0.512. The van der Waals surface area contributed by atoms with Crippen molar-refractivity contribution in [1.29, 1.82) is 0 Å². The first kappa shape index (κ1) is 16.6. The van der Waals surface area contributed by atoms with Gasteiger partial charge in [0, 0.05) is 24.4 Å². The van der Waals surface area contributed by atoms with Gasteiger partial charge in [-0.25, -0.2) is 4.79 Å². The fourth-order valence-corrected chi connectivity index (χ4v) is 1.18. The lowest BCUT2D eigenvalue weighted by Gasteiger charge is -2.17. The first-order valence-electron chi connectivity index (χ1n) is 5.86. The van der Waals surface area contributed by atoms with Crippen molar-refractivity contribution in [3.63, 3.8) is 0 Å². The molecule has 0 aliphatic carbocycles. The number of rotatable bonds is 8. The number of ether oxygens (including phenoxy) is 2. The summed E-state index contributed by atoms with van der Waals surface area (Å²) < 4.78 is 10.5. The number of hydrogen-bond acceptors (Lipinski definition) is 4. The highest BCUT2D eigenvalue weighted by Gasteiger charge is 2.14. The van der Waals surface area contributed by atoms with Crippen molar-refractivity contribution in [2.45, 2.75) is 34.0 Å². The molecule has 0 aromatic heterocycles. The zero-order valence-corrected chi connectivity index (χ0v) is 11.3. The number of carboxylic acid groups (broad SMARTS) is 1. The van der Waals surface area contributed by atoms with Crippen LogP contribution in [-0.4, -0.2) is 43.0 Å². The van der Waals surface area contributed by atoms with Crippen LogP contribution in [-0.2, 0) is 19.1 Å². The summed E-state index contributed by atoms with van der Waals surface area (Å²) in [4.78, 5) is 22.4. The second-order valence-electron chi connectivity index (χ2n) is 3.61. The molecule has 0 saturated heterocycles. The molecule has 0 atom stereocenters. The van der Waals surface area contributed by atoms with Gasteiger partial charge >= 0.3 is 5.97 Å². The van der Waals surface area contributed by atoms with Crippen molar-refractivity contribution >= 4 is 11.9 Å². The van der Waals surface area contributed by atoms with Gasteiger partial charge in [0.05, 0.1) is 6.54 Å². The summed E-state index contributed by atoms with van der Waals surface area (Å²) in [5, 5.41) is 11.3. The van der Waals surface area contributed by atoms with Crippen LogP contribution in [0, 0.1) is 0 Å². The van der Waals surface area contributed by atoms with Crippen LogP contribution >= 0.6 is 0 Å². The van der Waals surface area contributed by atoms with Gasteiger partial charge in [0.15, 0.2) is 6.29 Å². The third-order valence-electron chi connectivity index (χ3n) is 2.36. The third-order valence-corrected chi connectivity index (χ3v) is 2.36. The van der Waals surface area contributed by atoms with Crippen LogP contribution in [0.15, 0.2) is 11.1 Å². The van der Waals surface area contributed by atoms with E-state index in [1.165, 1.54) is 13.8 Å². The summed E-state index contributed by atoms with van der Waals surface area (Å²) in [6.45, 7) is 7.65. The number of carboxylic acids is 1. The Labute approximate surface area is 107 Å². The second-order valence-corrected chi connectivity index (χ2v) is 3.61. The predicted octanol–water partition coefficient (Wildman–Crippen LogP) is 0.923. The van der Waals surface area contributed by atoms with Crippen LogP contribution in [0.5, 0.6) is 0 Å². The minimum atomic E-state index is -1.10. The molecule has 0 aliphatic rings. The van der Waals surface area contributed by atoms with Crippen LogP contribution in [0.25, 0.3) is 0 Å². The van der Waals surface area contributed by atoms with Gasteiger partial charge in [-0.1, -0.05) is 0 Å². The van der Waals surface area contributed by atoms with Crippen molar-refractivity contribution in [2.75, 3.05) is 19.8 Å². The molecular weight excluding hydrogens is 238 g/mol. The molecule has 0 saturated carbocycles. The summed E-state index contributed by atoms with van der Waals surface area (Å²) in [5.74, 6) is -1.53. The molecule has 0 unspecified atom stereocenters. The second kappa shape index (κ2) is 8.66. The maximum absolute atomic E-state index is 11.7. The average molecular weight is 259 g/mol. The van der Waals surface area contributed by atoms with Gasteiger partial charge in [-0.05, 0) is 27.7 Å². The molecule has 6 heteroatoms. The third kappa shape index (κ3) is 5.79. The highest BCUT2D eigenvalue weighted by atomic mass is 16.7. The number of hydrogen-bond donors (Lipinski definition) is 2. The number of carbonyl (C=O) groups is 2. The van der Waals surface area contributed by atoms with E-state index in [1.807, 2.05) is 13.8 Å². The van der Waals surface area contributed by atoms with Gasteiger partial charge < -0.3 is 19.9 Å². The summed E-state index contributed by atoms with van der Waals surface area (Å²) in [5.41, 5.74) is 0.200. The van der Waals surface area contributed by atoms with E-state index in [4.69, 9.17) is 14.6 Å². The molecule has 0 aliphatic heterocycles. The lowest BCUT2D eigenvalue weighted by molar-refractivity contribution is -0.139. The minimum Gasteiger partial charge on any atom is -0.478 e. The van der Waals surface area contributed by atoms with Gasteiger partial charge in [-0.3, -0.25) is 4.79 Å². The Hall–Kier alpha value is -1.40. The molecule has 1 amide bonds. The molecule has 0 bridgehead atoms. The van der Waals surface area contributed by atoms with Gasteiger partial charge in [0.25, 0.3) is 0 Å². The van der Waals surface area contributed by atoms with Gasteiger partial charge in [-0.15, -0.1) is 0 Å². The molecule has 0 spiro atoms. The van der Waals surface area contributed by atoms with Crippen LogP contribution in [0.3, 0.4) is 0 Å². The Balaban J connectivity index is 4.39. The fourth-order valence-electron chi connectivity index (χ4n) is 1.18. The van der Waals surface area contributed by atoms with Gasteiger partial charge in [0.1, 0.15) is 0 Å². The summed E-state index contributed by atoms with van der Waals surface area (Å²) in [6, 6.07) is 0. The minimum absolute atomic E-state index is 0.0249. The Morgan fingerprint density at radius 2 is 1.61 bits per heavy atom. The zero-order valence-electron chi connectivity index (χ0n) is 11.3. The smallest absolute Gasteiger partial charge is 0.331 e. The van der Waals surface area contributed by atoms with E-state index in [-0.39, 0.29) is 17.7 Å². The Bertz CT molecular complexity index is 318. The van der Waals surface area contributed by atoms with Gasteiger partial charge in [0.2, 0.25) is 5.91 Å². The van der Waals surface area contributed by atoms with E-state index in [0.29, 0.717) is 13.2 Å². The van der Waals surface area contributed by atoms with E-state index in [2.05, 4.69) is 5.32 Å². The first-order chi connectivity index (χ1) is 8.43. The molecule has 6 nitrogen and oxygen atoms in total. The largest absolute Gasteiger partial charge is 0.478 e. The molecule has 0 fully saturated rings. The standard InChI is InChI=1S/C12H21NO5/c1-5-17-10(18-6-2)7-13-11(14)8(3)9(4)12(15)16/h10H,5-7H2,1-4H3,(H,13,14)(H,15,16). The molecule has 0 radical (unpaired) electrons. The van der Waals surface area contributed by atoms with E-state index in [1.54, 1.807) is 0 Å². The highest BCUT2D eigenvalue weighted by Crippen LogP contribution is 2.03. The molecule has 2 N–H and O–H groups in total. The molecule has 0 rings (SSSR count). The topological polar surface area (TPSA) is 84.9 Å². The number of aliphatic carboxylic acids is 1. The van der Waals surface area contributed by atoms with Crippen LogP contribution in [0.1, 0.15) is 27.7 Å². The van der Waals surface area contributed by atoms with E-state index < -0.39 is 18.2 Å². The number of amides is 1. The first-order valence-corrected chi connectivity index (χ1v) is 5.86. The van der Waals surface area contributed by atoms with E-state index in [0.717, 1.165) is 0 Å². The highest BCUT2D eigenvalue weighted by molar-refractivity contribution is 6.01. The van der Waals surface area contributed by atoms with E-state index in [9.17, 15) is 9.59 Å². The Morgan fingerprint density at radius 3 is 2.00 bits per heavy atom. The predicted molar refractivity (Wildman–Crippen MR) is 66.1 cm³/mol. The quantitative estimate of drug-likeness (QED) is 0.500. The Morgan fingerprint density at radius 1 is 1.11 bits per heavy atom. The fraction of sp³-hybridized carbons (Fsp3) is 0.667. The van der Waals surface area contributed by atoms with Crippen molar-refractivity contribution in [3.05, 3.63) is 11.1 Å². The van der Waals surface area contributed by atoms with Crippen LogP contribution in [0.4, 0.5) is 0 Å². The van der Waals surface area contributed by atoms with Crippen molar-refractivity contribution in [3.8, 4) is 0 Å². The van der Waals surface area contributed by atoms with Crippen molar-refractivity contribution < 1.29 is 24.2 Å². The van der Waals surface area contributed by atoms with Crippen molar-refractivity contribution in [1.82, 2.24) is 5.32 Å². The average Bonchev–Trinajstić information content (AvgIpc) is 2.34. The molecule has 104 valence electrons.